The monoisotopic (exact) mass is 223 g/mol. The molecule has 0 bridgehead atoms. The van der Waals surface area contributed by atoms with Crippen LogP contribution in [0, 0.1) is 0 Å². The van der Waals surface area contributed by atoms with Crippen molar-refractivity contribution in [3.63, 3.8) is 0 Å². The van der Waals surface area contributed by atoms with Crippen LogP contribution in [0.4, 0.5) is 0 Å². The van der Waals surface area contributed by atoms with E-state index < -0.39 is 0 Å². The van der Waals surface area contributed by atoms with E-state index in [9.17, 15) is 0 Å². The lowest BCUT2D eigenvalue weighted by molar-refractivity contribution is 0.00888. The first-order chi connectivity index (χ1) is 7.41. The molecule has 0 unspecified atom stereocenters. The highest BCUT2D eigenvalue weighted by molar-refractivity contribution is 4.34. The van der Waals surface area contributed by atoms with Crippen molar-refractivity contribution < 1.29 is 19.3 Å². The lowest BCUT2D eigenvalue weighted by Crippen LogP contribution is -2.14. The molecule has 0 aromatic heterocycles. The SMILES string of the molecule is CC.NCCOCCOCCOCCO. The summed E-state index contributed by atoms with van der Waals surface area (Å²) < 4.78 is 15.2. The van der Waals surface area contributed by atoms with Crippen LogP contribution in [0.15, 0.2) is 0 Å². The molecule has 0 saturated heterocycles. The van der Waals surface area contributed by atoms with Crippen LogP contribution in [0.25, 0.3) is 0 Å². The molecule has 94 valence electrons. The Balaban J connectivity index is 0. The normalized spacial score (nSPS) is 9.60. The van der Waals surface area contributed by atoms with E-state index in [1.54, 1.807) is 0 Å². The summed E-state index contributed by atoms with van der Waals surface area (Å²) in [5, 5.41) is 8.37. The second kappa shape index (κ2) is 19.4. The molecule has 0 radical (unpaired) electrons. The van der Waals surface area contributed by atoms with Crippen molar-refractivity contribution >= 4 is 0 Å². The van der Waals surface area contributed by atoms with E-state index in [2.05, 4.69) is 0 Å². The topological polar surface area (TPSA) is 73.9 Å². The molecule has 0 rings (SSSR count). The highest BCUT2D eigenvalue weighted by atomic mass is 16.5. The fraction of sp³-hybridized carbons (Fsp3) is 1.00. The Hall–Kier alpha value is -0.200. The molecule has 5 nitrogen and oxygen atoms in total. The minimum Gasteiger partial charge on any atom is -0.394 e. The lowest BCUT2D eigenvalue weighted by Gasteiger charge is -2.04. The summed E-state index contributed by atoms with van der Waals surface area (Å²) in [7, 11) is 0. The first-order valence-electron chi connectivity index (χ1n) is 5.46. The van der Waals surface area contributed by atoms with E-state index in [0.29, 0.717) is 46.2 Å². The molecular weight excluding hydrogens is 198 g/mol. The summed E-state index contributed by atoms with van der Waals surface area (Å²) in [5.41, 5.74) is 5.21. The first-order valence-corrected chi connectivity index (χ1v) is 5.46. The number of aliphatic hydroxyl groups is 1. The van der Waals surface area contributed by atoms with Crippen molar-refractivity contribution in [2.75, 3.05) is 52.8 Å². The molecule has 0 fully saturated rings. The lowest BCUT2D eigenvalue weighted by atomic mass is 10.7. The zero-order valence-corrected chi connectivity index (χ0v) is 9.91. The van der Waals surface area contributed by atoms with Gasteiger partial charge in [0, 0.05) is 6.54 Å². The van der Waals surface area contributed by atoms with Crippen LogP contribution in [0.3, 0.4) is 0 Å². The van der Waals surface area contributed by atoms with Crippen LogP contribution in [0.1, 0.15) is 13.8 Å². The molecule has 0 heterocycles. The van der Waals surface area contributed by atoms with E-state index in [1.165, 1.54) is 0 Å². The average molecular weight is 223 g/mol. The summed E-state index contributed by atoms with van der Waals surface area (Å²) in [4.78, 5) is 0. The molecule has 0 aliphatic heterocycles. The van der Waals surface area contributed by atoms with E-state index >= 15 is 0 Å². The van der Waals surface area contributed by atoms with Crippen LogP contribution in [-0.4, -0.2) is 57.9 Å². The zero-order valence-electron chi connectivity index (χ0n) is 9.91. The van der Waals surface area contributed by atoms with Gasteiger partial charge in [0.1, 0.15) is 0 Å². The zero-order chi connectivity index (χ0) is 11.8. The van der Waals surface area contributed by atoms with Crippen molar-refractivity contribution in [3.8, 4) is 0 Å². The van der Waals surface area contributed by atoms with Gasteiger partial charge in [0.05, 0.1) is 46.2 Å². The molecular formula is C10H25NO4. The highest BCUT2D eigenvalue weighted by Crippen LogP contribution is 1.80. The summed E-state index contributed by atoms with van der Waals surface area (Å²) >= 11 is 0. The molecule has 0 aliphatic carbocycles. The largest absolute Gasteiger partial charge is 0.394 e. The van der Waals surface area contributed by atoms with Gasteiger partial charge >= 0.3 is 0 Å². The van der Waals surface area contributed by atoms with Gasteiger partial charge < -0.3 is 25.1 Å². The molecule has 3 N–H and O–H groups in total. The number of aliphatic hydroxyl groups excluding tert-OH is 1. The van der Waals surface area contributed by atoms with Crippen LogP contribution in [0.2, 0.25) is 0 Å². The number of rotatable bonds is 10. The maximum atomic E-state index is 8.37. The van der Waals surface area contributed by atoms with Crippen LogP contribution in [-0.2, 0) is 14.2 Å². The van der Waals surface area contributed by atoms with Gasteiger partial charge in [-0.25, -0.2) is 0 Å². The first kappa shape index (κ1) is 17.2. The number of hydrogen-bond acceptors (Lipinski definition) is 5. The molecule has 0 atom stereocenters. The van der Waals surface area contributed by atoms with Gasteiger partial charge in [-0.2, -0.15) is 0 Å². The van der Waals surface area contributed by atoms with Crippen LogP contribution >= 0.6 is 0 Å². The number of ether oxygens (including phenoxy) is 3. The predicted octanol–water partition coefficient (Wildman–Crippen LogP) is 0.0134. The maximum Gasteiger partial charge on any atom is 0.0701 e. The average Bonchev–Trinajstić information content (AvgIpc) is 2.30. The molecule has 0 amide bonds. The summed E-state index contributed by atoms with van der Waals surface area (Å²) in [6, 6.07) is 0. The number of nitrogens with two attached hydrogens (primary N) is 1. The third-order valence-electron chi connectivity index (χ3n) is 1.24. The van der Waals surface area contributed by atoms with Crippen molar-refractivity contribution in [2.45, 2.75) is 13.8 Å². The Morgan fingerprint density at radius 1 is 0.800 bits per heavy atom. The minimum atomic E-state index is 0.0552. The maximum absolute atomic E-state index is 8.37. The van der Waals surface area contributed by atoms with Gasteiger partial charge in [-0.05, 0) is 0 Å². The van der Waals surface area contributed by atoms with Gasteiger partial charge in [0.25, 0.3) is 0 Å². The van der Waals surface area contributed by atoms with Crippen molar-refractivity contribution in [1.29, 1.82) is 0 Å². The quantitative estimate of drug-likeness (QED) is 0.510. The standard InChI is InChI=1S/C8H19NO4.C2H6/c9-1-3-11-5-7-13-8-6-12-4-2-10;1-2/h10H,1-9H2;1-2H3. The smallest absolute Gasteiger partial charge is 0.0701 e. The molecule has 0 aliphatic rings. The van der Waals surface area contributed by atoms with E-state index in [0.717, 1.165) is 0 Å². The van der Waals surface area contributed by atoms with Crippen LogP contribution in [0.5, 0.6) is 0 Å². The molecule has 0 spiro atoms. The molecule has 0 aromatic carbocycles. The molecule has 5 heteroatoms. The van der Waals surface area contributed by atoms with Crippen molar-refractivity contribution in [2.24, 2.45) is 5.73 Å². The Kier molecular flexibility index (Phi) is 22.2. The molecule has 15 heavy (non-hydrogen) atoms. The summed E-state index contributed by atoms with van der Waals surface area (Å²) in [6.07, 6.45) is 0. The Morgan fingerprint density at radius 3 is 1.60 bits per heavy atom. The van der Waals surface area contributed by atoms with Crippen molar-refractivity contribution in [3.05, 3.63) is 0 Å². The summed E-state index contributed by atoms with van der Waals surface area (Å²) in [6.45, 7) is 7.71. The molecule has 0 aromatic rings. The predicted molar refractivity (Wildman–Crippen MR) is 59.9 cm³/mol. The Bertz CT molecular complexity index is 83.5. The second-order valence-electron chi connectivity index (χ2n) is 2.35. The van der Waals surface area contributed by atoms with E-state index in [4.69, 9.17) is 25.1 Å². The third kappa shape index (κ3) is 20.0. The van der Waals surface area contributed by atoms with Gasteiger partial charge in [0.15, 0.2) is 0 Å². The summed E-state index contributed by atoms with van der Waals surface area (Å²) in [5.74, 6) is 0. The number of hydrogen-bond donors (Lipinski definition) is 2. The Morgan fingerprint density at radius 2 is 1.20 bits per heavy atom. The van der Waals surface area contributed by atoms with E-state index in [-0.39, 0.29) is 6.61 Å². The van der Waals surface area contributed by atoms with Crippen molar-refractivity contribution in [1.82, 2.24) is 0 Å². The minimum absolute atomic E-state index is 0.0552. The fourth-order valence-corrected chi connectivity index (χ4v) is 0.690. The van der Waals surface area contributed by atoms with Crippen LogP contribution < -0.4 is 5.73 Å². The fourth-order valence-electron chi connectivity index (χ4n) is 0.690. The van der Waals surface area contributed by atoms with E-state index in [1.807, 2.05) is 13.8 Å². The van der Waals surface area contributed by atoms with Gasteiger partial charge in [-0.15, -0.1) is 0 Å². The second-order valence-corrected chi connectivity index (χ2v) is 2.35. The highest BCUT2D eigenvalue weighted by Gasteiger charge is 1.89. The van der Waals surface area contributed by atoms with Gasteiger partial charge in [0.2, 0.25) is 0 Å². The van der Waals surface area contributed by atoms with Gasteiger partial charge in [-0.3, -0.25) is 0 Å². The third-order valence-corrected chi connectivity index (χ3v) is 1.24. The van der Waals surface area contributed by atoms with Gasteiger partial charge in [-0.1, -0.05) is 13.8 Å². The Labute approximate surface area is 92.5 Å². The molecule has 0 saturated carbocycles.